The van der Waals surface area contributed by atoms with Crippen molar-refractivity contribution in [3.8, 4) is 0 Å². The molecule has 0 amide bonds. The zero-order valence-corrected chi connectivity index (χ0v) is 10.4. The summed E-state index contributed by atoms with van der Waals surface area (Å²) in [6, 6.07) is 7.01. The predicted octanol–water partition coefficient (Wildman–Crippen LogP) is 2.09. The van der Waals surface area contributed by atoms with Crippen molar-refractivity contribution in [2.45, 2.75) is 13.8 Å². The number of aryl methyl sites for hydroxylation is 2. The van der Waals surface area contributed by atoms with Crippen molar-refractivity contribution in [3.05, 3.63) is 52.7 Å². The minimum Gasteiger partial charge on any atom is -0.398 e. The van der Waals surface area contributed by atoms with Crippen LogP contribution in [-0.4, -0.2) is 10.8 Å². The monoisotopic (exact) mass is 241 g/mol. The molecule has 0 fully saturated rings. The zero-order valence-electron chi connectivity index (χ0n) is 10.4. The van der Waals surface area contributed by atoms with E-state index in [4.69, 9.17) is 11.5 Å². The summed E-state index contributed by atoms with van der Waals surface area (Å²) in [5, 5.41) is 0. The first-order valence-electron chi connectivity index (χ1n) is 5.62. The molecule has 0 unspecified atom stereocenters. The molecule has 2 aromatic rings. The molecular weight excluding hydrogens is 226 g/mol. The number of pyridine rings is 1. The van der Waals surface area contributed by atoms with Crippen LogP contribution in [0.3, 0.4) is 0 Å². The van der Waals surface area contributed by atoms with Gasteiger partial charge in [-0.1, -0.05) is 12.1 Å². The minimum absolute atomic E-state index is 0.148. The number of rotatable bonds is 2. The van der Waals surface area contributed by atoms with Gasteiger partial charge in [0.15, 0.2) is 5.78 Å². The van der Waals surface area contributed by atoms with Crippen molar-refractivity contribution in [2.75, 3.05) is 11.5 Å². The number of hydrogen-bond acceptors (Lipinski definition) is 4. The van der Waals surface area contributed by atoms with E-state index in [-0.39, 0.29) is 11.6 Å². The van der Waals surface area contributed by atoms with Gasteiger partial charge < -0.3 is 11.5 Å². The van der Waals surface area contributed by atoms with E-state index >= 15 is 0 Å². The van der Waals surface area contributed by atoms with Crippen LogP contribution in [0.2, 0.25) is 0 Å². The number of aromatic nitrogens is 1. The molecule has 0 bridgehead atoms. The van der Waals surface area contributed by atoms with E-state index in [9.17, 15) is 4.79 Å². The molecule has 0 radical (unpaired) electrons. The predicted molar refractivity (Wildman–Crippen MR) is 72.4 cm³/mol. The molecule has 92 valence electrons. The van der Waals surface area contributed by atoms with Gasteiger partial charge in [0.2, 0.25) is 0 Å². The van der Waals surface area contributed by atoms with Gasteiger partial charge in [0, 0.05) is 17.4 Å². The molecule has 0 saturated carbocycles. The summed E-state index contributed by atoms with van der Waals surface area (Å²) >= 11 is 0. The SMILES string of the molecule is Cc1ccc(C(=O)c2c(C)ccnc2N)cc1N. The lowest BCUT2D eigenvalue weighted by Gasteiger charge is -2.08. The molecule has 2 rings (SSSR count). The number of anilines is 2. The lowest BCUT2D eigenvalue weighted by Crippen LogP contribution is -2.09. The molecule has 1 aromatic carbocycles. The average Bonchev–Trinajstić information content (AvgIpc) is 2.32. The fourth-order valence-electron chi connectivity index (χ4n) is 1.80. The van der Waals surface area contributed by atoms with E-state index in [2.05, 4.69) is 4.98 Å². The number of nitrogens with two attached hydrogens (primary N) is 2. The summed E-state index contributed by atoms with van der Waals surface area (Å²) in [6.45, 7) is 3.73. The Hall–Kier alpha value is -2.36. The number of nitrogens with zero attached hydrogens (tertiary/aromatic N) is 1. The largest absolute Gasteiger partial charge is 0.398 e. The minimum atomic E-state index is -0.148. The van der Waals surface area contributed by atoms with Gasteiger partial charge in [0.1, 0.15) is 5.82 Å². The number of ketones is 1. The number of carbonyl (C=O) groups excluding carboxylic acids is 1. The van der Waals surface area contributed by atoms with Gasteiger partial charge >= 0.3 is 0 Å². The zero-order chi connectivity index (χ0) is 13.3. The molecule has 0 aliphatic rings. The van der Waals surface area contributed by atoms with E-state index in [1.807, 2.05) is 19.9 Å². The van der Waals surface area contributed by atoms with E-state index in [0.717, 1.165) is 11.1 Å². The highest BCUT2D eigenvalue weighted by molar-refractivity contribution is 6.12. The Morgan fingerprint density at radius 1 is 1.11 bits per heavy atom. The Labute approximate surface area is 106 Å². The van der Waals surface area contributed by atoms with Crippen LogP contribution in [0.5, 0.6) is 0 Å². The molecule has 1 aromatic heterocycles. The molecule has 4 nitrogen and oxygen atoms in total. The van der Waals surface area contributed by atoms with Crippen LogP contribution >= 0.6 is 0 Å². The van der Waals surface area contributed by atoms with Crippen molar-refractivity contribution < 1.29 is 4.79 Å². The van der Waals surface area contributed by atoms with Crippen LogP contribution in [-0.2, 0) is 0 Å². The molecule has 1 heterocycles. The maximum atomic E-state index is 12.4. The highest BCUT2D eigenvalue weighted by Crippen LogP contribution is 2.21. The van der Waals surface area contributed by atoms with Crippen LogP contribution in [0.1, 0.15) is 27.0 Å². The van der Waals surface area contributed by atoms with E-state index in [1.54, 1.807) is 24.4 Å². The van der Waals surface area contributed by atoms with Gasteiger partial charge in [-0.15, -0.1) is 0 Å². The number of hydrogen-bond donors (Lipinski definition) is 2. The quantitative estimate of drug-likeness (QED) is 0.623. The summed E-state index contributed by atoms with van der Waals surface area (Å²) < 4.78 is 0. The number of benzene rings is 1. The van der Waals surface area contributed by atoms with Crippen LogP contribution < -0.4 is 11.5 Å². The fourth-order valence-corrected chi connectivity index (χ4v) is 1.80. The third kappa shape index (κ3) is 2.05. The standard InChI is InChI=1S/C14H15N3O/c1-8-3-4-10(7-11(8)15)13(18)12-9(2)5-6-17-14(12)16/h3-7H,15H2,1-2H3,(H2,16,17). The fraction of sp³-hybridized carbons (Fsp3) is 0.143. The van der Waals surface area contributed by atoms with Gasteiger partial charge in [0.05, 0.1) is 5.56 Å². The smallest absolute Gasteiger partial charge is 0.197 e. The lowest BCUT2D eigenvalue weighted by molar-refractivity contribution is 0.103. The molecule has 4 N–H and O–H groups in total. The normalized spacial score (nSPS) is 10.3. The Kier molecular flexibility index (Phi) is 3.02. The van der Waals surface area contributed by atoms with Crippen LogP contribution in [0, 0.1) is 13.8 Å². The van der Waals surface area contributed by atoms with Gasteiger partial charge in [-0.25, -0.2) is 4.98 Å². The molecule has 4 heteroatoms. The van der Waals surface area contributed by atoms with Gasteiger partial charge in [0.25, 0.3) is 0 Å². The van der Waals surface area contributed by atoms with Crippen LogP contribution in [0.4, 0.5) is 11.5 Å². The highest BCUT2D eigenvalue weighted by atomic mass is 16.1. The van der Waals surface area contributed by atoms with Crippen molar-refractivity contribution in [1.29, 1.82) is 0 Å². The Balaban J connectivity index is 2.51. The van der Waals surface area contributed by atoms with E-state index in [1.165, 1.54) is 0 Å². The molecule has 0 spiro atoms. The second kappa shape index (κ2) is 4.49. The van der Waals surface area contributed by atoms with Crippen molar-refractivity contribution in [2.24, 2.45) is 0 Å². The third-order valence-electron chi connectivity index (χ3n) is 2.96. The molecule has 0 atom stereocenters. The van der Waals surface area contributed by atoms with Gasteiger partial charge in [-0.2, -0.15) is 0 Å². The maximum absolute atomic E-state index is 12.4. The topological polar surface area (TPSA) is 82.0 Å². The van der Waals surface area contributed by atoms with Crippen LogP contribution in [0.25, 0.3) is 0 Å². The van der Waals surface area contributed by atoms with Crippen molar-refractivity contribution >= 4 is 17.3 Å². The first kappa shape index (κ1) is 12.1. The van der Waals surface area contributed by atoms with Crippen molar-refractivity contribution in [3.63, 3.8) is 0 Å². The number of carbonyl (C=O) groups is 1. The van der Waals surface area contributed by atoms with E-state index in [0.29, 0.717) is 16.8 Å². The first-order chi connectivity index (χ1) is 8.50. The second-order valence-corrected chi connectivity index (χ2v) is 4.29. The first-order valence-corrected chi connectivity index (χ1v) is 5.62. The molecule has 18 heavy (non-hydrogen) atoms. The highest BCUT2D eigenvalue weighted by Gasteiger charge is 2.16. The third-order valence-corrected chi connectivity index (χ3v) is 2.96. The summed E-state index contributed by atoms with van der Waals surface area (Å²) in [4.78, 5) is 16.3. The number of nitrogen functional groups attached to an aromatic ring is 2. The van der Waals surface area contributed by atoms with Crippen LogP contribution in [0.15, 0.2) is 30.5 Å². The van der Waals surface area contributed by atoms with Gasteiger partial charge in [-0.3, -0.25) is 4.79 Å². The summed E-state index contributed by atoms with van der Waals surface area (Å²) in [6.07, 6.45) is 1.59. The molecular formula is C14H15N3O. The lowest BCUT2D eigenvalue weighted by atomic mass is 9.98. The second-order valence-electron chi connectivity index (χ2n) is 4.29. The molecule has 0 saturated heterocycles. The Bertz CT molecular complexity index is 600. The summed E-state index contributed by atoms with van der Waals surface area (Å²) in [5.41, 5.74) is 14.9. The van der Waals surface area contributed by atoms with Crippen molar-refractivity contribution in [1.82, 2.24) is 4.98 Å². The average molecular weight is 241 g/mol. The summed E-state index contributed by atoms with van der Waals surface area (Å²) in [7, 11) is 0. The maximum Gasteiger partial charge on any atom is 0.197 e. The molecule has 0 aliphatic heterocycles. The Morgan fingerprint density at radius 2 is 1.83 bits per heavy atom. The molecule has 0 aliphatic carbocycles. The summed E-state index contributed by atoms with van der Waals surface area (Å²) in [5.74, 6) is 0.101. The van der Waals surface area contributed by atoms with Gasteiger partial charge in [-0.05, 0) is 37.1 Å². The van der Waals surface area contributed by atoms with E-state index < -0.39 is 0 Å². The Morgan fingerprint density at radius 3 is 2.44 bits per heavy atom.